The molecule has 1 aromatic rings. The average Bonchev–Trinajstić information content (AvgIpc) is 3.10. The maximum atomic E-state index is 5.64. The van der Waals surface area contributed by atoms with E-state index in [4.69, 9.17) is 9.15 Å². The van der Waals surface area contributed by atoms with Crippen LogP contribution in [-0.4, -0.2) is 57.3 Å². The van der Waals surface area contributed by atoms with Crippen LogP contribution in [0.3, 0.4) is 0 Å². The number of methoxy groups -OCH3 is 1. The quantitative estimate of drug-likeness (QED) is 0.322. The number of nitrogens with one attached hydrogen (secondary N) is 2. The number of likely N-dealkylation sites (N-methyl/N-ethyl adjacent to an activating group) is 1. The fraction of sp³-hybridized carbons (Fsp3) is 0.737. The Morgan fingerprint density at radius 1 is 1.23 bits per heavy atom. The van der Waals surface area contributed by atoms with Crippen LogP contribution in [0.2, 0.25) is 0 Å². The summed E-state index contributed by atoms with van der Waals surface area (Å²) in [6.07, 6.45) is 1.83. The van der Waals surface area contributed by atoms with Crippen molar-refractivity contribution in [2.75, 3.05) is 40.3 Å². The SMILES string of the molecule is CCN(CC)C(CNC(=NC)NCC(OC)C(C)(C)C)c1ccco1.I. The number of ether oxygens (including phenoxy) is 1. The van der Waals surface area contributed by atoms with Gasteiger partial charge in [-0.15, -0.1) is 24.0 Å². The highest BCUT2D eigenvalue weighted by atomic mass is 127. The Bertz CT molecular complexity index is 496. The molecule has 0 spiro atoms. The summed E-state index contributed by atoms with van der Waals surface area (Å²) in [5, 5.41) is 6.79. The molecule has 0 saturated carbocycles. The molecule has 1 heterocycles. The van der Waals surface area contributed by atoms with E-state index in [1.54, 1.807) is 20.4 Å². The largest absolute Gasteiger partial charge is 0.468 e. The van der Waals surface area contributed by atoms with E-state index >= 15 is 0 Å². The molecule has 0 aromatic carbocycles. The highest BCUT2D eigenvalue weighted by Gasteiger charge is 2.25. The standard InChI is InChI=1S/C19H36N4O2.HI/c1-8-23(9-2)15(16-11-10-12-25-16)13-21-18(20-6)22-14-17(24-7)19(3,4)5;/h10-12,15,17H,8-9,13-14H2,1-7H3,(H2,20,21,22);1H. The Morgan fingerprint density at radius 3 is 2.27 bits per heavy atom. The highest BCUT2D eigenvalue weighted by molar-refractivity contribution is 14.0. The van der Waals surface area contributed by atoms with Gasteiger partial charge in [0.1, 0.15) is 5.76 Å². The first-order chi connectivity index (χ1) is 11.9. The van der Waals surface area contributed by atoms with Crippen molar-refractivity contribution in [1.29, 1.82) is 0 Å². The maximum Gasteiger partial charge on any atom is 0.191 e. The van der Waals surface area contributed by atoms with E-state index in [2.05, 4.69) is 55.1 Å². The van der Waals surface area contributed by atoms with Gasteiger partial charge in [0.15, 0.2) is 5.96 Å². The van der Waals surface area contributed by atoms with Gasteiger partial charge >= 0.3 is 0 Å². The summed E-state index contributed by atoms with van der Waals surface area (Å²) in [7, 11) is 3.54. The van der Waals surface area contributed by atoms with Crippen LogP contribution in [0.1, 0.15) is 46.4 Å². The minimum absolute atomic E-state index is 0. The number of hydrogen-bond donors (Lipinski definition) is 2. The van der Waals surface area contributed by atoms with E-state index in [0.717, 1.165) is 31.4 Å². The summed E-state index contributed by atoms with van der Waals surface area (Å²) in [4.78, 5) is 6.70. The first kappa shape index (κ1) is 25.2. The van der Waals surface area contributed by atoms with Crippen LogP contribution in [0.5, 0.6) is 0 Å². The first-order valence-corrected chi connectivity index (χ1v) is 9.12. The van der Waals surface area contributed by atoms with Gasteiger partial charge < -0.3 is 19.8 Å². The molecule has 0 amide bonds. The number of guanidine groups is 1. The molecule has 0 radical (unpaired) electrons. The number of halogens is 1. The summed E-state index contributed by atoms with van der Waals surface area (Å²) in [5.74, 6) is 1.74. The molecule has 26 heavy (non-hydrogen) atoms. The van der Waals surface area contributed by atoms with Crippen molar-refractivity contribution in [1.82, 2.24) is 15.5 Å². The van der Waals surface area contributed by atoms with Gasteiger partial charge in [0.25, 0.3) is 0 Å². The van der Waals surface area contributed by atoms with Gasteiger partial charge in [-0.1, -0.05) is 34.6 Å². The lowest BCUT2D eigenvalue weighted by Crippen LogP contribution is -2.47. The second-order valence-electron chi connectivity index (χ2n) is 7.18. The van der Waals surface area contributed by atoms with E-state index in [-0.39, 0.29) is 41.5 Å². The molecule has 0 aliphatic carbocycles. The van der Waals surface area contributed by atoms with Crippen molar-refractivity contribution < 1.29 is 9.15 Å². The fourth-order valence-electron chi connectivity index (χ4n) is 2.90. The molecule has 2 N–H and O–H groups in total. The van der Waals surface area contributed by atoms with E-state index in [1.165, 1.54) is 0 Å². The van der Waals surface area contributed by atoms with Crippen LogP contribution in [0, 0.1) is 5.41 Å². The van der Waals surface area contributed by atoms with Gasteiger partial charge in [0.2, 0.25) is 0 Å². The molecule has 0 aliphatic rings. The second kappa shape index (κ2) is 12.6. The molecule has 1 aromatic heterocycles. The first-order valence-electron chi connectivity index (χ1n) is 9.12. The summed E-state index contributed by atoms with van der Waals surface area (Å²) >= 11 is 0. The van der Waals surface area contributed by atoms with Crippen molar-refractivity contribution in [3.05, 3.63) is 24.2 Å². The van der Waals surface area contributed by atoms with Gasteiger partial charge in [0, 0.05) is 27.2 Å². The molecule has 0 fully saturated rings. The zero-order valence-corrected chi connectivity index (χ0v) is 19.7. The molecule has 0 saturated heterocycles. The van der Waals surface area contributed by atoms with Crippen LogP contribution in [0.15, 0.2) is 27.8 Å². The van der Waals surface area contributed by atoms with E-state index in [0.29, 0.717) is 6.54 Å². The molecule has 2 atom stereocenters. The Morgan fingerprint density at radius 2 is 1.85 bits per heavy atom. The van der Waals surface area contributed by atoms with Crippen molar-refractivity contribution in [3.8, 4) is 0 Å². The van der Waals surface area contributed by atoms with Crippen LogP contribution < -0.4 is 10.6 Å². The van der Waals surface area contributed by atoms with Crippen LogP contribution >= 0.6 is 24.0 Å². The van der Waals surface area contributed by atoms with Gasteiger partial charge in [-0.3, -0.25) is 9.89 Å². The second-order valence-corrected chi connectivity index (χ2v) is 7.18. The molecule has 6 nitrogen and oxygen atoms in total. The summed E-state index contributed by atoms with van der Waals surface area (Å²) in [6, 6.07) is 4.14. The monoisotopic (exact) mass is 480 g/mol. The van der Waals surface area contributed by atoms with Gasteiger partial charge in [-0.05, 0) is 30.6 Å². The number of rotatable bonds is 9. The molecule has 0 bridgehead atoms. The minimum Gasteiger partial charge on any atom is -0.468 e. The number of nitrogens with zero attached hydrogens (tertiary/aromatic N) is 2. The molecule has 2 unspecified atom stereocenters. The lowest BCUT2D eigenvalue weighted by molar-refractivity contribution is 0.0205. The van der Waals surface area contributed by atoms with Crippen molar-refractivity contribution in [2.24, 2.45) is 10.4 Å². The molecular weight excluding hydrogens is 443 g/mol. The normalized spacial score (nSPS) is 14.7. The summed E-state index contributed by atoms with van der Waals surface area (Å²) in [5.41, 5.74) is 0.0680. The van der Waals surface area contributed by atoms with E-state index < -0.39 is 0 Å². The Kier molecular flexibility index (Phi) is 12.2. The fourth-order valence-corrected chi connectivity index (χ4v) is 2.90. The molecule has 1 rings (SSSR count). The molecule has 0 aliphatic heterocycles. The lowest BCUT2D eigenvalue weighted by atomic mass is 9.89. The van der Waals surface area contributed by atoms with Crippen LogP contribution in [0.25, 0.3) is 0 Å². The number of hydrogen-bond acceptors (Lipinski definition) is 4. The minimum atomic E-state index is 0. The number of furan rings is 1. The predicted molar refractivity (Wildman–Crippen MR) is 119 cm³/mol. The number of aliphatic imine (C=N–C) groups is 1. The van der Waals surface area contributed by atoms with Crippen molar-refractivity contribution >= 4 is 29.9 Å². The maximum absolute atomic E-state index is 5.64. The predicted octanol–water partition coefficient (Wildman–Crippen LogP) is 3.51. The van der Waals surface area contributed by atoms with Crippen molar-refractivity contribution in [2.45, 2.75) is 46.8 Å². The van der Waals surface area contributed by atoms with Crippen molar-refractivity contribution in [3.63, 3.8) is 0 Å². The third-order valence-electron chi connectivity index (χ3n) is 4.52. The van der Waals surface area contributed by atoms with Gasteiger partial charge in [0.05, 0.1) is 18.4 Å². The van der Waals surface area contributed by atoms with Gasteiger partial charge in [-0.2, -0.15) is 0 Å². The summed E-state index contributed by atoms with van der Waals surface area (Å²) in [6.45, 7) is 14.2. The summed E-state index contributed by atoms with van der Waals surface area (Å²) < 4.78 is 11.2. The third kappa shape index (κ3) is 7.84. The zero-order valence-electron chi connectivity index (χ0n) is 17.3. The smallest absolute Gasteiger partial charge is 0.191 e. The topological polar surface area (TPSA) is 62.0 Å². The zero-order chi connectivity index (χ0) is 18.9. The van der Waals surface area contributed by atoms with Crippen LogP contribution in [0.4, 0.5) is 0 Å². The highest BCUT2D eigenvalue weighted by Crippen LogP contribution is 2.21. The Labute approximate surface area is 176 Å². The average molecular weight is 480 g/mol. The molecule has 152 valence electrons. The molecule has 7 heteroatoms. The Balaban J connectivity index is 0.00000625. The third-order valence-corrected chi connectivity index (χ3v) is 4.52. The van der Waals surface area contributed by atoms with E-state index in [1.807, 2.05) is 12.1 Å². The van der Waals surface area contributed by atoms with Crippen LogP contribution in [-0.2, 0) is 4.74 Å². The van der Waals surface area contributed by atoms with E-state index in [9.17, 15) is 0 Å². The van der Waals surface area contributed by atoms with Gasteiger partial charge in [-0.25, -0.2) is 0 Å². The Hall–Kier alpha value is -0.800. The lowest BCUT2D eigenvalue weighted by Gasteiger charge is -2.31. The molecular formula is C19H37IN4O2.